The zero-order valence-corrected chi connectivity index (χ0v) is 13.9. The quantitative estimate of drug-likeness (QED) is 0.898. The number of halogens is 1. The summed E-state index contributed by atoms with van der Waals surface area (Å²) in [5.41, 5.74) is 1.85. The second-order valence-corrected chi connectivity index (χ2v) is 6.63. The molecule has 2 aliphatic heterocycles. The van der Waals surface area contributed by atoms with Crippen LogP contribution in [0.15, 0.2) is 36.4 Å². The highest BCUT2D eigenvalue weighted by Crippen LogP contribution is 2.47. The van der Waals surface area contributed by atoms with Crippen LogP contribution >= 0.6 is 11.6 Å². The first-order valence-electron chi connectivity index (χ1n) is 7.80. The van der Waals surface area contributed by atoms with Gasteiger partial charge in [-0.05, 0) is 12.5 Å². The van der Waals surface area contributed by atoms with Crippen molar-refractivity contribution in [1.82, 2.24) is 5.32 Å². The number of hydrogen-bond donors (Lipinski definition) is 2. The zero-order chi connectivity index (χ0) is 16.7. The van der Waals surface area contributed by atoms with Gasteiger partial charge in [-0.1, -0.05) is 41.9 Å². The summed E-state index contributed by atoms with van der Waals surface area (Å²) in [4.78, 5) is 11.7. The number of fused-ring (bicyclic) bond motifs is 3. The molecule has 5 nitrogen and oxygen atoms in total. The first-order chi connectivity index (χ1) is 11.5. The fraction of sp³-hybridized carbons (Fsp3) is 0.278. The Morgan fingerprint density at radius 3 is 2.92 bits per heavy atom. The summed E-state index contributed by atoms with van der Waals surface area (Å²) in [5.74, 6) is 1.07. The van der Waals surface area contributed by atoms with E-state index in [9.17, 15) is 4.79 Å². The van der Waals surface area contributed by atoms with Crippen LogP contribution in [0.25, 0.3) is 0 Å². The van der Waals surface area contributed by atoms with Crippen LogP contribution < -0.4 is 20.1 Å². The molecule has 0 bridgehead atoms. The van der Waals surface area contributed by atoms with E-state index in [2.05, 4.69) is 10.6 Å². The van der Waals surface area contributed by atoms with Crippen LogP contribution in [0.1, 0.15) is 18.1 Å². The van der Waals surface area contributed by atoms with Crippen molar-refractivity contribution in [3.8, 4) is 11.5 Å². The minimum atomic E-state index is -0.684. The van der Waals surface area contributed by atoms with E-state index in [0.717, 1.165) is 11.1 Å². The molecule has 2 N–H and O–H groups in total. The first kappa shape index (κ1) is 15.3. The van der Waals surface area contributed by atoms with Gasteiger partial charge in [0.1, 0.15) is 6.61 Å². The molecular weight excluding hydrogens is 328 g/mol. The largest absolute Gasteiger partial charge is 0.484 e. The van der Waals surface area contributed by atoms with Crippen molar-refractivity contribution < 1.29 is 14.3 Å². The normalized spacial score (nSPS) is 21.3. The van der Waals surface area contributed by atoms with Crippen LogP contribution in [0, 0.1) is 0 Å². The van der Waals surface area contributed by atoms with Gasteiger partial charge in [-0.15, -0.1) is 0 Å². The topological polar surface area (TPSA) is 59.6 Å². The molecule has 0 aliphatic carbocycles. The molecule has 0 aromatic heterocycles. The second-order valence-electron chi connectivity index (χ2n) is 6.22. The predicted molar refractivity (Wildman–Crippen MR) is 91.6 cm³/mol. The van der Waals surface area contributed by atoms with Gasteiger partial charge in [0.25, 0.3) is 0 Å². The van der Waals surface area contributed by atoms with Gasteiger partial charge >= 0.3 is 0 Å². The summed E-state index contributed by atoms with van der Waals surface area (Å²) in [7, 11) is 0. The van der Waals surface area contributed by atoms with Crippen LogP contribution in [0.4, 0.5) is 5.69 Å². The highest BCUT2D eigenvalue weighted by atomic mass is 35.5. The van der Waals surface area contributed by atoms with Gasteiger partial charge in [0, 0.05) is 18.2 Å². The van der Waals surface area contributed by atoms with Crippen molar-refractivity contribution in [2.24, 2.45) is 0 Å². The predicted octanol–water partition coefficient (Wildman–Crippen LogP) is 3.11. The van der Waals surface area contributed by atoms with Gasteiger partial charge in [0.15, 0.2) is 17.2 Å². The molecule has 0 fully saturated rings. The molecule has 1 atom stereocenters. The molecule has 2 aromatic carbocycles. The molecule has 0 saturated heterocycles. The number of rotatable bonds is 3. The highest BCUT2D eigenvalue weighted by Gasteiger charge is 2.37. The van der Waals surface area contributed by atoms with Crippen molar-refractivity contribution >= 4 is 23.2 Å². The molecule has 4 rings (SSSR count). The SMILES string of the molecule is CC1(NCc2ccccc2)COc2cc(Cl)c3c(c2O1)CC(=O)N3. The zero-order valence-electron chi connectivity index (χ0n) is 13.2. The van der Waals surface area contributed by atoms with Gasteiger partial charge in [0.2, 0.25) is 5.91 Å². The monoisotopic (exact) mass is 344 g/mol. The highest BCUT2D eigenvalue weighted by molar-refractivity contribution is 6.34. The van der Waals surface area contributed by atoms with Crippen molar-refractivity contribution in [3.63, 3.8) is 0 Å². The maximum absolute atomic E-state index is 11.7. The Kier molecular flexibility index (Phi) is 3.62. The molecule has 2 heterocycles. The van der Waals surface area contributed by atoms with Gasteiger partial charge in [-0.2, -0.15) is 0 Å². The lowest BCUT2D eigenvalue weighted by atomic mass is 10.1. The minimum Gasteiger partial charge on any atom is -0.484 e. The van der Waals surface area contributed by atoms with Gasteiger partial charge in [0.05, 0.1) is 17.1 Å². The number of nitrogens with one attached hydrogen (secondary N) is 2. The van der Waals surface area contributed by atoms with E-state index in [1.54, 1.807) is 6.07 Å². The third-order valence-corrected chi connectivity index (χ3v) is 4.54. The summed E-state index contributed by atoms with van der Waals surface area (Å²) in [6.07, 6.45) is 0.246. The van der Waals surface area contributed by atoms with Crippen molar-refractivity contribution in [2.75, 3.05) is 11.9 Å². The Morgan fingerprint density at radius 2 is 2.12 bits per heavy atom. The molecule has 1 unspecified atom stereocenters. The van der Waals surface area contributed by atoms with Gasteiger partial charge in [-0.3, -0.25) is 10.1 Å². The van der Waals surface area contributed by atoms with Gasteiger partial charge in [-0.25, -0.2) is 0 Å². The van der Waals surface area contributed by atoms with Crippen LogP contribution in [0.5, 0.6) is 11.5 Å². The van der Waals surface area contributed by atoms with E-state index in [4.69, 9.17) is 21.1 Å². The second kappa shape index (κ2) is 5.69. The molecule has 1 amide bonds. The number of benzene rings is 2. The van der Waals surface area contributed by atoms with Crippen LogP contribution in [-0.4, -0.2) is 18.2 Å². The Labute approximate surface area is 144 Å². The molecular formula is C18H17ClN2O3. The standard InChI is InChI=1S/C18H17ClN2O3/c1-18(20-9-11-5-3-2-4-6-11)10-23-14-8-13(19)16-12(17(14)24-18)7-15(22)21-16/h2-6,8,20H,7,9-10H2,1H3,(H,21,22). The summed E-state index contributed by atoms with van der Waals surface area (Å²) in [6.45, 7) is 2.94. The molecule has 124 valence electrons. The van der Waals surface area contributed by atoms with Crippen molar-refractivity contribution in [3.05, 3.63) is 52.5 Å². The Balaban J connectivity index is 1.59. The van der Waals surface area contributed by atoms with E-state index in [1.807, 2.05) is 37.3 Å². The third kappa shape index (κ3) is 2.70. The smallest absolute Gasteiger partial charge is 0.229 e. The summed E-state index contributed by atoms with van der Waals surface area (Å²) >= 11 is 6.22. The molecule has 2 aliphatic rings. The molecule has 24 heavy (non-hydrogen) atoms. The number of amides is 1. The Bertz CT molecular complexity index is 810. The van der Waals surface area contributed by atoms with E-state index < -0.39 is 5.72 Å². The van der Waals surface area contributed by atoms with E-state index in [-0.39, 0.29) is 12.3 Å². The maximum Gasteiger partial charge on any atom is 0.229 e. The fourth-order valence-corrected chi connectivity index (χ4v) is 3.23. The molecule has 0 saturated carbocycles. The Hall–Kier alpha value is -2.24. The number of anilines is 1. The maximum atomic E-state index is 11.7. The fourth-order valence-electron chi connectivity index (χ4n) is 2.97. The summed E-state index contributed by atoms with van der Waals surface area (Å²) < 4.78 is 12.1. The number of carbonyl (C=O) groups is 1. The lowest BCUT2D eigenvalue weighted by Crippen LogP contribution is -2.53. The third-order valence-electron chi connectivity index (χ3n) is 4.24. The average Bonchev–Trinajstić information content (AvgIpc) is 2.98. The first-order valence-corrected chi connectivity index (χ1v) is 8.18. The minimum absolute atomic E-state index is 0.0894. The average molecular weight is 345 g/mol. The van der Waals surface area contributed by atoms with Gasteiger partial charge < -0.3 is 14.8 Å². The van der Waals surface area contributed by atoms with E-state index in [0.29, 0.717) is 35.4 Å². The molecule has 6 heteroatoms. The lowest BCUT2D eigenvalue weighted by Gasteiger charge is -2.37. The summed E-state index contributed by atoms with van der Waals surface area (Å²) in [5, 5.41) is 6.63. The van der Waals surface area contributed by atoms with Crippen molar-refractivity contribution in [2.45, 2.75) is 25.6 Å². The van der Waals surface area contributed by atoms with E-state index >= 15 is 0 Å². The van der Waals surface area contributed by atoms with Crippen LogP contribution in [-0.2, 0) is 17.8 Å². The number of ether oxygens (including phenoxy) is 2. The molecule has 2 aromatic rings. The number of hydrogen-bond acceptors (Lipinski definition) is 4. The van der Waals surface area contributed by atoms with Crippen LogP contribution in [0.3, 0.4) is 0 Å². The lowest BCUT2D eigenvalue weighted by molar-refractivity contribution is -0.115. The molecule has 0 radical (unpaired) electrons. The van der Waals surface area contributed by atoms with E-state index in [1.165, 1.54) is 0 Å². The number of carbonyl (C=O) groups excluding carboxylic acids is 1. The molecule has 0 spiro atoms. The van der Waals surface area contributed by atoms with Crippen molar-refractivity contribution in [1.29, 1.82) is 0 Å². The van der Waals surface area contributed by atoms with Crippen LogP contribution in [0.2, 0.25) is 5.02 Å². The summed E-state index contributed by atoms with van der Waals surface area (Å²) in [6, 6.07) is 11.8. The Morgan fingerprint density at radius 1 is 1.33 bits per heavy atom.